The molecular formula is C48H32N4. The normalized spacial score (nSPS) is 11.5. The van der Waals surface area contributed by atoms with E-state index in [1.807, 2.05) is 36.4 Å². The highest BCUT2D eigenvalue weighted by molar-refractivity contribution is 6.09. The van der Waals surface area contributed by atoms with Crippen LogP contribution in [0.3, 0.4) is 0 Å². The van der Waals surface area contributed by atoms with Gasteiger partial charge in [0.2, 0.25) is 0 Å². The predicted molar refractivity (Wildman–Crippen MR) is 215 cm³/mol. The van der Waals surface area contributed by atoms with E-state index in [9.17, 15) is 0 Å². The van der Waals surface area contributed by atoms with Crippen molar-refractivity contribution in [2.75, 3.05) is 0 Å². The largest absolute Gasteiger partial charge is 0.293 e. The Morgan fingerprint density at radius 2 is 0.808 bits per heavy atom. The molecule has 0 fully saturated rings. The fourth-order valence-corrected chi connectivity index (χ4v) is 7.49. The van der Waals surface area contributed by atoms with Crippen molar-refractivity contribution in [3.63, 3.8) is 0 Å². The van der Waals surface area contributed by atoms with Crippen LogP contribution in [0.2, 0.25) is 0 Å². The van der Waals surface area contributed by atoms with Gasteiger partial charge < -0.3 is 0 Å². The van der Waals surface area contributed by atoms with Crippen molar-refractivity contribution in [3.8, 4) is 61.8 Å². The van der Waals surface area contributed by atoms with Crippen LogP contribution >= 0.6 is 0 Å². The smallest absolute Gasteiger partial charge is 0.160 e. The molecule has 3 aromatic heterocycles. The Morgan fingerprint density at radius 1 is 0.346 bits per heavy atom. The fraction of sp³-hybridized carbons (Fsp3) is 0. The van der Waals surface area contributed by atoms with Crippen molar-refractivity contribution in [3.05, 3.63) is 194 Å². The Hall–Kier alpha value is -7.04. The summed E-state index contributed by atoms with van der Waals surface area (Å²) in [5.74, 6) is 0.712. The van der Waals surface area contributed by atoms with Crippen LogP contribution < -0.4 is 0 Å². The number of rotatable bonds is 6. The molecule has 4 heteroatoms. The molecular weight excluding hydrogens is 633 g/mol. The lowest BCUT2D eigenvalue weighted by molar-refractivity contribution is 1.15. The third-order valence-electron chi connectivity index (χ3n) is 9.95. The van der Waals surface area contributed by atoms with Crippen LogP contribution in [0.1, 0.15) is 0 Å². The van der Waals surface area contributed by atoms with Gasteiger partial charge in [-0.1, -0.05) is 158 Å². The van der Waals surface area contributed by atoms with E-state index in [-0.39, 0.29) is 0 Å². The number of aromatic nitrogens is 4. The van der Waals surface area contributed by atoms with E-state index in [4.69, 9.17) is 9.97 Å². The fourth-order valence-electron chi connectivity index (χ4n) is 7.49. The molecule has 52 heavy (non-hydrogen) atoms. The Kier molecular flexibility index (Phi) is 7.10. The van der Waals surface area contributed by atoms with Crippen LogP contribution in [-0.2, 0) is 0 Å². The summed E-state index contributed by atoms with van der Waals surface area (Å²) in [7, 11) is 0. The molecule has 244 valence electrons. The first-order valence-electron chi connectivity index (χ1n) is 17.6. The van der Waals surface area contributed by atoms with Crippen LogP contribution in [0.5, 0.6) is 0 Å². The highest BCUT2D eigenvalue weighted by atomic mass is 15.1. The van der Waals surface area contributed by atoms with Crippen molar-refractivity contribution in [2.24, 2.45) is 0 Å². The number of para-hydroxylation sites is 3. The molecule has 0 spiro atoms. The van der Waals surface area contributed by atoms with Crippen LogP contribution in [0.25, 0.3) is 89.4 Å². The summed E-state index contributed by atoms with van der Waals surface area (Å²) in [6.07, 6.45) is 0. The zero-order valence-corrected chi connectivity index (χ0v) is 28.3. The first kappa shape index (κ1) is 29.8. The highest BCUT2D eigenvalue weighted by Crippen LogP contribution is 2.41. The molecule has 0 radical (unpaired) electrons. The minimum absolute atomic E-state index is 0.712. The Morgan fingerprint density at radius 3 is 1.46 bits per heavy atom. The number of hydrogen-bond acceptors (Lipinski definition) is 2. The van der Waals surface area contributed by atoms with E-state index >= 15 is 0 Å². The lowest BCUT2D eigenvalue weighted by Crippen LogP contribution is -1.96. The summed E-state index contributed by atoms with van der Waals surface area (Å²) in [6, 6.07) is 68.4. The van der Waals surface area contributed by atoms with Crippen molar-refractivity contribution in [1.82, 2.24) is 18.9 Å². The molecule has 0 bridgehead atoms. The molecule has 0 atom stereocenters. The molecule has 3 heterocycles. The molecule has 10 rings (SSSR count). The molecule has 0 unspecified atom stereocenters. The van der Waals surface area contributed by atoms with Crippen LogP contribution in [0.4, 0.5) is 0 Å². The summed E-state index contributed by atoms with van der Waals surface area (Å²) >= 11 is 0. The van der Waals surface area contributed by atoms with E-state index < -0.39 is 0 Å². The summed E-state index contributed by atoms with van der Waals surface area (Å²) in [4.78, 5) is 10.1. The summed E-state index contributed by atoms with van der Waals surface area (Å²) in [6.45, 7) is 0. The van der Waals surface area contributed by atoms with Gasteiger partial charge in [0, 0.05) is 33.3 Å². The van der Waals surface area contributed by atoms with E-state index in [0.717, 1.165) is 50.5 Å². The quantitative estimate of drug-likeness (QED) is 0.177. The maximum atomic E-state index is 5.08. The Balaban J connectivity index is 1.15. The highest BCUT2D eigenvalue weighted by Gasteiger charge is 2.22. The average molecular weight is 665 g/mol. The first-order valence-corrected chi connectivity index (χ1v) is 17.6. The maximum absolute atomic E-state index is 5.08. The van der Waals surface area contributed by atoms with Crippen molar-refractivity contribution in [1.29, 1.82) is 0 Å². The second kappa shape index (κ2) is 12.4. The minimum Gasteiger partial charge on any atom is -0.293 e. The first-order chi connectivity index (χ1) is 25.8. The molecule has 0 amide bonds. The SMILES string of the molecule is c1ccc(-c2ccc(-n3c4ccccc4n4c5ccccc5c(-c5ccc(-c6cc(-c7ccccc7)nc(-c7ccccc7)n6)cc5)c34)cc2)cc1. The van der Waals surface area contributed by atoms with Gasteiger partial charge in [0.05, 0.1) is 27.9 Å². The van der Waals surface area contributed by atoms with Gasteiger partial charge in [0.25, 0.3) is 0 Å². The van der Waals surface area contributed by atoms with Crippen LogP contribution in [-0.4, -0.2) is 18.9 Å². The van der Waals surface area contributed by atoms with Gasteiger partial charge in [-0.05, 0) is 53.1 Å². The molecule has 7 aromatic carbocycles. The maximum Gasteiger partial charge on any atom is 0.160 e. The van der Waals surface area contributed by atoms with Gasteiger partial charge in [0.15, 0.2) is 5.82 Å². The number of imidazole rings is 1. The van der Waals surface area contributed by atoms with Crippen molar-refractivity contribution in [2.45, 2.75) is 0 Å². The Labute approximate surface area is 301 Å². The van der Waals surface area contributed by atoms with Gasteiger partial charge in [-0.15, -0.1) is 0 Å². The standard InChI is InChI=1S/C48H32N4/c1-4-14-33(15-5-1)34-28-30-39(31-29-34)51-44-22-12-13-23-45(44)52-43-21-11-10-20-40(43)46(48(51)52)37-26-24-36(25-27-37)42-32-41(35-16-6-2-7-17-35)49-47(50-42)38-18-8-3-9-19-38/h1-32H. The van der Waals surface area contributed by atoms with E-state index in [1.165, 1.54) is 33.1 Å². The summed E-state index contributed by atoms with van der Waals surface area (Å²) in [5.41, 5.74) is 15.4. The molecule has 0 aliphatic rings. The van der Waals surface area contributed by atoms with Gasteiger partial charge >= 0.3 is 0 Å². The van der Waals surface area contributed by atoms with Gasteiger partial charge in [0.1, 0.15) is 5.65 Å². The molecule has 0 aliphatic carbocycles. The number of hydrogen-bond donors (Lipinski definition) is 0. The van der Waals surface area contributed by atoms with Crippen molar-refractivity contribution >= 4 is 27.6 Å². The minimum atomic E-state index is 0.712. The molecule has 0 aliphatic heterocycles. The number of fused-ring (bicyclic) bond motifs is 5. The average Bonchev–Trinajstić information content (AvgIpc) is 3.74. The molecule has 0 saturated carbocycles. The topological polar surface area (TPSA) is 35.1 Å². The molecule has 0 N–H and O–H groups in total. The zero-order valence-electron chi connectivity index (χ0n) is 28.3. The van der Waals surface area contributed by atoms with Crippen molar-refractivity contribution < 1.29 is 0 Å². The summed E-state index contributed by atoms with van der Waals surface area (Å²) < 4.78 is 4.83. The lowest BCUT2D eigenvalue weighted by Gasteiger charge is -2.12. The number of benzene rings is 7. The molecule has 10 aromatic rings. The van der Waals surface area contributed by atoms with Crippen LogP contribution in [0.15, 0.2) is 194 Å². The Bertz CT molecular complexity index is 2790. The third kappa shape index (κ3) is 5.00. The van der Waals surface area contributed by atoms with Gasteiger partial charge in [-0.2, -0.15) is 0 Å². The van der Waals surface area contributed by atoms with E-state index in [1.54, 1.807) is 0 Å². The lowest BCUT2D eigenvalue weighted by atomic mass is 10.0. The van der Waals surface area contributed by atoms with E-state index in [0.29, 0.717) is 5.82 Å². The van der Waals surface area contributed by atoms with Gasteiger partial charge in [-0.25, -0.2) is 9.97 Å². The third-order valence-corrected chi connectivity index (χ3v) is 9.95. The molecule has 0 saturated heterocycles. The van der Waals surface area contributed by atoms with E-state index in [2.05, 4.69) is 167 Å². The van der Waals surface area contributed by atoms with Crippen LogP contribution in [0, 0.1) is 0 Å². The monoisotopic (exact) mass is 664 g/mol. The summed E-state index contributed by atoms with van der Waals surface area (Å²) in [5, 5.41) is 1.21. The number of nitrogens with zero attached hydrogens (tertiary/aromatic N) is 4. The molecule has 4 nitrogen and oxygen atoms in total. The zero-order chi connectivity index (χ0) is 34.4. The van der Waals surface area contributed by atoms with Gasteiger partial charge in [-0.3, -0.25) is 8.97 Å². The second-order valence-corrected chi connectivity index (χ2v) is 13.1. The predicted octanol–water partition coefficient (Wildman–Crippen LogP) is 12.2. The second-order valence-electron chi connectivity index (χ2n) is 13.1.